The largest absolute Gasteiger partial charge is 0.480 e. The van der Waals surface area contributed by atoms with E-state index in [1.807, 2.05) is 0 Å². The van der Waals surface area contributed by atoms with Gasteiger partial charge in [0, 0.05) is 7.05 Å². The van der Waals surface area contributed by atoms with Gasteiger partial charge in [-0.05, 0) is 20.8 Å². The maximum absolute atomic E-state index is 11.9. The molecule has 0 radical (unpaired) electrons. The SMILES string of the molecule is Cc1nocc1C(=O)N(C)C(C)(C)C(=O)O. The number of hydrogen-bond acceptors (Lipinski definition) is 4. The number of nitrogens with zero attached hydrogens (tertiary/aromatic N) is 2. The van der Waals surface area contributed by atoms with E-state index >= 15 is 0 Å². The minimum absolute atomic E-state index is 0.275. The van der Waals surface area contributed by atoms with Crippen molar-refractivity contribution in [1.29, 1.82) is 0 Å². The monoisotopic (exact) mass is 226 g/mol. The summed E-state index contributed by atoms with van der Waals surface area (Å²) in [5, 5.41) is 12.6. The first-order valence-corrected chi connectivity index (χ1v) is 4.71. The average Bonchev–Trinajstić information content (AvgIpc) is 2.61. The Bertz CT molecular complexity index is 422. The van der Waals surface area contributed by atoms with Crippen molar-refractivity contribution in [2.75, 3.05) is 7.05 Å². The average molecular weight is 226 g/mol. The van der Waals surface area contributed by atoms with Crippen LogP contribution >= 0.6 is 0 Å². The summed E-state index contributed by atoms with van der Waals surface area (Å²) < 4.78 is 4.64. The van der Waals surface area contributed by atoms with Gasteiger partial charge in [-0.1, -0.05) is 5.16 Å². The highest BCUT2D eigenvalue weighted by molar-refractivity contribution is 5.97. The van der Waals surface area contributed by atoms with Crippen LogP contribution in [0.25, 0.3) is 0 Å². The van der Waals surface area contributed by atoms with Crippen molar-refractivity contribution < 1.29 is 19.2 Å². The van der Waals surface area contributed by atoms with Crippen molar-refractivity contribution in [2.24, 2.45) is 0 Å². The molecule has 0 spiro atoms. The van der Waals surface area contributed by atoms with E-state index < -0.39 is 17.4 Å². The van der Waals surface area contributed by atoms with E-state index in [0.29, 0.717) is 5.69 Å². The standard InChI is InChI=1S/C10H14N2O4/c1-6-7(5-16-11-6)8(13)12(4)10(2,3)9(14)15/h5H,1-4H3,(H,14,15). The first-order valence-electron chi connectivity index (χ1n) is 4.71. The highest BCUT2D eigenvalue weighted by atomic mass is 16.5. The van der Waals surface area contributed by atoms with Gasteiger partial charge in [0.05, 0.1) is 5.69 Å². The summed E-state index contributed by atoms with van der Waals surface area (Å²) >= 11 is 0. The lowest BCUT2D eigenvalue weighted by molar-refractivity contribution is -0.147. The van der Waals surface area contributed by atoms with Crippen molar-refractivity contribution in [2.45, 2.75) is 26.3 Å². The van der Waals surface area contributed by atoms with Crippen molar-refractivity contribution in [1.82, 2.24) is 10.1 Å². The maximum Gasteiger partial charge on any atom is 0.329 e. The number of aliphatic carboxylic acids is 1. The van der Waals surface area contributed by atoms with Crippen molar-refractivity contribution in [3.63, 3.8) is 0 Å². The first kappa shape index (κ1) is 12.2. The van der Waals surface area contributed by atoms with Gasteiger partial charge in [-0.15, -0.1) is 0 Å². The number of hydrogen-bond donors (Lipinski definition) is 1. The van der Waals surface area contributed by atoms with Crippen molar-refractivity contribution >= 4 is 11.9 Å². The van der Waals surface area contributed by atoms with E-state index in [0.717, 1.165) is 4.90 Å². The summed E-state index contributed by atoms with van der Waals surface area (Å²) in [5.41, 5.74) is -0.560. The molecule has 1 aromatic heterocycles. The van der Waals surface area contributed by atoms with E-state index in [2.05, 4.69) is 9.68 Å². The number of rotatable bonds is 3. The molecule has 0 saturated carbocycles. The molecular formula is C10H14N2O4. The van der Waals surface area contributed by atoms with Gasteiger partial charge in [-0.25, -0.2) is 4.79 Å². The lowest BCUT2D eigenvalue weighted by Gasteiger charge is -2.31. The topological polar surface area (TPSA) is 83.6 Å². The fraction of sp³-hybridized carbons (Fsp3) is 0.500. The molecular weight excluding hydrogens is 212 g/mol. The zero-order valence-electron chi connectivity index (χ0n) is 9.64. The smallest absolute Gasteiger partial charge is 0.329 e. The number of carbonyl (C=O) groups is 2. The Labute approximate surface area is 92.8 Å². The van der Waals surface area contributed by atoms with Crippen LogP contribution in [0.1, 0.15) is 29.9 Å². The van der Waals surface area contributed by atoms with Gasteiger partial charge >= 0.3 is 5.97 Å². The van der Waals surface area contributed by atoms with Crippen LogP contribution < -0.4 is 0 Å². The number of amides is 1. The number of likely N-dealkylation sites (N-methyl/N-ethyl adjacent to an activating group) is 1. The zero-order valence-corrected chi connectivity index (χ0v) is 9.64. The van der Waals surface area contributed by atoms with Crippen molar-refractivity contribution in [3.05, 3.63) is 17.5 Å². The predicted octanol–water partition coefficient (Wildman–Crippen LogP) is 0.918. The van der Waals surface area contributed by atoms with Gasteiger partial charge in [0.2, 0.25) is 0 Å². The van der Waals surface area contributed by atoms with E-state index in [1.165, 1.54) is 27.2 Å². The Morgan fingerprint density at radius 2 is 2.06 bits per heavy atom. The van der Waals surface area contributed by atoms with Gasteiger partial charge in [0.15, 0.2) is 0 Å². The van der Waals surface area contributed by atoms with Crippen molar-refractivity contribution in [3.8, 4) is 0 Å². The van der Waals surface area contributed by atoms with Gasteiger partial charge in [-0.2, -0.15) is 0 Å². The Balaban J connectivity index is 3.00. The van der Waals surface area contributed by atoms with Crippen LogP contribution in [0.15, 0.2) is 10.8 Å². The lowest BCUT2D eigenvalue weighted by atomic mass is 10.0. The van der Waals surface area contributed by atoms with Gasteiger partial charge in [-0.3, -0.25) is 4.79 Å². The summed E-state index contributed by atoms with van der Waals surface area (Å²) in [5.74, 6) is -1.50. The molecule has 0 saturated heterocycles. The highest BCUT2D eigenvalue weighted by Gasteiger charge is 2.36. The first-order chi connectivity index (χ1) is 7.28. The van der Waals surface area contributed by atoms with Gasteiger partial charge in [0.1, 0.15) is 17.4 Å². The van der Waals surface area contributed by atoms with E-state index in [9.17, 15) is 9.59 Å². The fourth-order valence-electron chi connectivity index (χ4n) is 1.08. The molecule has 6 heteroatoms. The Morgan fingerprint density at radius 1 is 1.50 bits per heavy atom. The zero-order chi connectivity index (χ0) is 12.5. The third kappa shape index (κ3) is 1.91. The minimum atomic E-state index is -1.28. The summed E-state index contributed by atoms with van der Waals surface area (Å²) in [7, 11) is 1.43. The molecule has 16 heavy (non-hydrogen) atoms. The summed E-state index contributed by atoms with van der Waals surface area (Å²) in [4.78, 5) is 24.1. The molecule has 0 bridgehead atoms. The van der Waals surface area contributed by atoms with Gasteiger partial charge < -0.3 is 14.5 Å². The normalized spacial score (nSPS) is 11.2. The second kappa shape index (κ2) is 3.96. The summed E-state index contributed by atoms with van der Waals surface area (Å²) in [6, 6.07) is 0. The third-order valence-electron chi connectivity index (χ3n) is 2.65. The van der Waals surface area contributed by atoms with E-state index in [4.69, 9.17) is 5.11 Å². The van der Waals surface area contributed by atoms with E-state index in [-0.39, 0.29) is 5.56 Å². The summed E-state index contributed by atoms with van der Waals surface area (Å²) in [6.07, 6.45) is 1.21. The molecule has 0 aromatic carbocycles. The molecule has 1 N–H and O–H groups in total. The molecule has 1 amide bonds. The second-order valence-electron chi connectivity index (χ2n) is 4.04. The predicted molar refractivity (Wildman–Crippen MR) is 55.0 cm³/mol. The number of aryl methyl sites for hydroxylation is 1. The third-order valence-corrected chi connectivity index (χ3v) is 2.65. The highest BCUT2D eigenvalue weighted by Crippen LogP contribution is 2.17. The van der Waals surface area contributed by atoms with Crippen LogP contribution in [0, 0.1) is 6.92 Å². The maximum atomic E-state index is 11.9. The van der Waals surface area contributed by atoms with Crippen LogP contribution in [0.5, 0.6) is 0 Å². The molecule has 0 unspecified atom stereocenters. The number of carboxylic acid groups (broad SMARTS) is 1. The molecule has 0 fully saturated rings. The molecule has 0 aliphatic heterocycles. The van der Waals surface area contributed by atoms with Crippen LogP contribution in [-0.4, -0.2) is 39.6 Å². The molecule has 1 rings (SSSR count). The number of carbonyl (C=O) groups excluding carboxylic acids is 1. The van der Waals surface area contributed by atoms with Crippen LogP contribution in [0.3, 0.4) is 0 Å². The van der Waals surface area contributed by atoms with Gasteiger partial charge in [0.25, 0.3) is 5.91 Å². The molecule has 0 atom stereocenters. The summed E-state index contributed by atoms with van der Waals surface area (Å²) in [6.45, 7) is 4.53. The number of carboxylic acids is 1. The fourth-order valence-corrected chi connectivity index (χ4v) is 1.08. The number of aromatic nitrogens is 1. The molecule has 0 aliphatic rings. The van der Waals surface area contributed by atoms with Crippen LogP contribution in [-0.2, 0) is 4.79 Å². The van der Waals surface area contributed by atoms with E-state index in [1.54, 1.807) is 6.92 Å². The Kier molecular flexibility index (Phi) is 3.02. The van der Waals surface area contributed by atoms with Crippen LogP contribution in [0.4, 0.5) is 0 Å². The Hall–Kier alpha value is -1.85. The van der Waals surface area contributed by atoms with Crippen LogP contribution in [0.2, 0.25) is 0 Å². The molecule has 1 aromatic rings. The molecule has 1 heterocycles. The Morgan fingerprint density at radius 3 is 2.44 bits per heavy atom. The molecule has 6 nitrogen and oxygen atoms in total. The minimum Gasteiger partial charge on any atom is -0.480 e. The molecule has 88 valence electrons. The second-order valence-corrected chi connectivity index (χ2v) is 4.04. The quantitative estimate of drug-likeness (QED) is 0.828. The molecule has 0 aliphatic carbocycles. The lowest BCUT2D eigenvalue weighted by Crippen LogP contribution is -2.50.